The van der Waals surface area contributed by atoms with Crippen LogP contribution >= 0.6 is 0 Å². The molecule has 2 aromatic heterocycles. The summed E-state index contributed by atoms with van der Waals surface area (Å²) < 4.78 is 5.28. The molecule has 0 aliphatic rings. The second kappa shape index (κ2) is 3.99. The Labute approximate surface area is 103 Å². The lowest BCUT2D eigenvalue weighted by molar-refractivity contribution is 0.419. The molecule has 0 saturated heterocycles. The molecule has 0 bridgehead atoms. The van der Waals surface area contributed by atoms with Gasteiger partial charge in [-0.3, -0.25) is 5.10 Å². The van der Waals surface area contributed by atoms with Gasteiger partial charge in [-0.05, 0) is 12.1 Å². The number of para-hydroxylation sites is 1. The van der Waals surface area contributed by atoms with Crippen molar-refractivity contribution in [3.05, 3.63) is 30.5 Å². The van der Waals surface area contributed by atoms with Gasteiger partial charge in [0.05, 0.1) is 12.8 Å². The minimum Gasteiger partial charge on any atom is -0.494 e. The summed E-state index contributed by atoms with van der Waals surface area (Å²) in [6.07, 6.45) is 1.67. The first-order valence-corrected chi connectivity index (χ1v) is 5.39. The summed E-state index contributed by atoms with van der Waals surface area (Å²) in [5.74, 6) is 0.874. The predicted octanol–water partition coefficient (Wildman–Crippen LogP) is 1.61. The third-order valence-corrected chi connectivity index (χ3v) is 2.68. The van der Waals surface area contributed by atoms with Crippen molar-refractivity contribution in [3.8, 4) is 17.1 Å². The van der Waals surface area contributed by atoms with Gasteiger partial charge < -0.3 is 10.5 Å². The molecule has 0 amide bonds. The van der Waals surface area contributed by atoms with E-state index in [0.717, 1.165) is 11.1 Å². The Morgan fingerprint density at radius 1 is 1.22 bits per heavy atom. The summed E-state index contributed by atoms with van der Waals surface area (Å²) in [4.78, 5) is 8.48. The summed E-state index contributed by atoms with van der Waals surface area (Å²) >= 11 is 0. The zero-order chi connectivity index (χ0) is 12.5. The minimum atomic E-state index is 0.205. The quantitative estimate of drug-likeness (QED) is 0.711. The molecule has 0 fully saturated rings. The van der Waals surface area contributed by atoms with E-state index in [1.54, 1.807) is 13.3 Å². The van der Waals surface area contributed by atoms with Gasteiger partial charge in [-0.2, -0.15) is 5.10 Å². The van der Waals surface area contributed by atoms with Crippen LogP contribution < -0.4 is 10.5 Å². The molecular formula is C12H11N5O. The smallest absolute Gasteiger partial charge is 0.221 e. The maximum absolute atomic E-state index is 5.74. The number of hydrogen-bond donors (Lipinski definition) is 2. The molecule has 6 nitrogen and oxygen atoms in total. The van der Waals surface area contributed by atoms with Crippen molar-refractivity contribution in [2.24, 2.45) is 0 Å². The highest BCUT2D eigenvalue weighted by Crippen LogP contribution is 2.30. The number of rotatable bonds is 2. The van der Waals surface area contributed by atoms with Crippen molar-refractivity contribution in [2.75, 3.05) is 12.8 Å². The van der Waals surface area contributed by atoms with E-state index in [1.807, 2.05) is 24.3 Å². The van der Waals surface area contributed by atoms with Crippen molar-refractivity contribution >= 4 is 16.9 Å². The second-order valence-electron chi connectivity index (χ2n) is 3.76. The maximum Gasteiger partial charge on any atom is 0.221 e. The molecule has 3 N–H and O–H groups in total. The lowest BCUT2D eigenvalue weighted by atomic mass is 10.1. The number of methoxy groups -OCH3 is 1. The van der Waals surface area contributed by atoms with Crippen LogP contribution in [0, 0.1) is 0 Å². The molecule has 0 spiro atoms. The van der Waals surface area contributed by atoms with E-state index in [1.165, 1.54) is 0 Å². The van der Waals surface area contributed by atoms with Gasteiger partial charge in [-0.25, -0.2) is 9.97 Å². The Kier molecular flexibility index (Phi) is 2.33. The number of nitrogens with two attached hydrogens (primary N) is 1. The molecule has 0 aliphatic carbocycles. The highest BCUT2D eigenvalue weighted by Gasteiger charge is 2.12. The largest absolute Gasteiger partial charge is 0.494 e. The number of aromatic nitrogens is 4. The Balaban J connectivity index is 2.39. The van der Waals surface area contributed by atoms with Gasteiger partial charge in [0.15, 0.2) is 0 Å². The minimum absolute atomic E-state index is 0.205. The van der Waals surface area contributed by atoms with E-state index < -0.39 is 0 Å². The standard InChI is InChI=1S/C12H11N5O/c1-18-9-4-2-3-7-10(8-5-6-14-17-8)15-12(13)16-11(7)9/h2-6H,1H3,(H,14,17)(H2,13,15,16). The fourth-order valence-corrected chi connectivity index (χ4v) is 1.90. The van der Waals surface area contributed by atoms with Gasteiger partial charge in [-0.1, -0.05) is 12.1 Å². The number of nitrogen functional groups attached to an aromatic ring is 1. The predicted molar refractivity (Wildman–Crippen MR) is 68.1 cm³/mol. The summed E-state index contributed by atoms with van der Waals surface area (Å²) in [7, 11) is 1.60. The van der Waals surface area contributed by atoms with Crippen LogP contribution in [0.3, 0.4) is 0 Å². The maximum atomic E-state index is 5.74. The Morgan fingerprint density at radius 2 is 2.11 bits per heavy atom. The molecule has 1 aromatic carbocycles. The van der Waals surface area contributed by atoms with Gasteiger partial charge in [0.25, 0.3) is 0 Å². The van der Waals surface area contributed by atoms with Gasteiger partial charge in [0.1, 0.15) is 17.0 Å². The van der Waals surface area contributed by atoms with E-state index >= 15 is 0 Å². The molecular weight excluding hydrogens is 230 g/mol. The summed E-state index contributed by atoms with van der Waals surface area (Å²) in [5, 5.41) is 7.66. The Hall–Kier alpha value is -2.63. The van der Waals surface area contributed by atoms with Crippen molar-refractivity contribution in [2.45, 2.75) is 0 Å². The molecule has 3 rings (SSSR count). The van der Waals surface area contributed by atoms with Gasteiger partial charge >= 0.3 is 0 Å². The molecule has 3 aromatic rings. The number of nitrogens with zero attached hydrogens (tertiary/aromatic N) is 3. The van der Waals surface area contributed by atoms with E-state index in [9.17, 15) is 0 Å². The molecule has 90 valence electrons. The molecule has 0 saturated carbocycles. The van der Waals surface area contributed by atoms with Crippen LogP contribution in [0.1, 0.15) is 0 Å². The third-order valence-electron chi connectivity index (χ3n) is 2.68. The first-order chi connectivity index (χ1) is 8.79. The van der Waals surface area contributed by atoms with Crippen molar-refractivity contribution in [3.63, 3.8) is 0 Å². The molecule has 0 aliphatic heterocycles. The number of hydrogen-bond acceptors (Lipinski definition) is 5. The topological polar surface area (TPSA) is 89.7 Å². The molecule has 2 heterocycles. The van der Waals surface area contributed by atoms with Crippen LogP contribution in [0.25, 0.3) is 22.3 Å². The van der Waals surface area contributed by atoms with Crippen molar-refractivity contribution in [1.29, 1.82) is 0 Å². The van der Waals surface area contributed by atoms with Crippen LogP contribution in [-0.4, -0.2) is 27.3 Å². The lowest BCUT2D eigenvalue weighted by Gasteiger charge is -2.08. The van der Waals surface area contributed by atoms with Crippen molar-refractivity contribution < 1.29 is 4.74 Å². The normalized spacial score (nSPS) is 10.7. The number of ether oxygens (including phenoxy) is 1. The van der Waals surface area contributed by atoms with E-state index in [-0.39, 0.29) is 5.95 Å². The van der Waals surface area contributed by atoms with Crippen LogP contribution in [0.4, 0.5) is 5.95 Å². The van der Waals surface area contributed by atoms with E-state index in [2.05, 4.69) is 20.2 Å². The van der Waals surface area contributed by atoms with Gasteiger partial charge in [-0.15, -0.1) is 0 Å². The summed E-state index contributed by atoms with van der Waals surface area (Å²) in [6, 6.07) is 7.49. The number of benzene rings is 1. The van der Waals surface area contributed by atoms with Crippen molar-refractivity contribution in [1.82, 2.24) is 20.2 Å². The average Bonchev–Trinajstić information content (AvgIpc) is 2.90. The van der Waals surface area contributed by atoms with Crippen LogP contribution in [0.2, 0.25) is 0 Å². The third kappa shape index (κ3) is 1.55. The van der Waals surface area contributed by atoms with Crippen LogP contribution in [-0.2, 0) is 0 Å². The van der Waals surface area contributed by atoms with Crippen LogP contribution in [0.15, 0.2) is 30.5 Å². The van der Waals surface area contributed by atoms with Crippen LogP contribution in [0.5, 0.6) is 5.75 Å². The van der Waals surface area contributed by atoms with E-state index in [4.69, 9.17) is 10.5 Å². The first kappa shape index (κ1) is 10.5. The second-order valence-corrected chi connectivity index (χ2v) is 3.76. The molecule has 18 heavy (non-hydrogen) atoms. The molecule has 6 heteroatoms. The summed E-state index contributed by atoms with van der Waals surface area (Å²) in [5.41, 5.74) is 7.94. The fraction of sp³-hybridized carbons (Fsp3) is 0.0833. The number of aromatic amines is 1. The monoisotopic (exact) mass is 241 g/mol. The number of H-pyrrole nitrogens is 1. The van der Waals surface area contributed by atoms with Gasteiger partial charge in [0.2, 0.25) is 5.95 Å². The number of nitrogens with one attached hydrogen (secondary N) is 1. The SMILES string of the molecule is COc1cccc2c(-c3ccn[nH]3)nc(N)nc12. The first-order valence-electron chi connectivity index (χ1n) is 5.39. The average molecular weight is 241 g/mol. The zero-order valence-electron chi connectivity index (χ0n) is 9.71. The molecule has 0 unspecified atom stereocenters. The fourth-order valence-electron chi connectivity index (χ4n) is 1.90. The zero-order valence-corrected chi connectivity index (χ0v) is 9.71. The number of fused-ring (bicyclic) bond motifs is 1. The highest BCUT2D eigenvalue weighted by atomic mass is 16.5. The van der Waals surface area contributed by atoms with Gasteiger partial charge in [0, 0.05) is 11.6 Å². The molecule has 0 radical (unpaired) electrons. The summed E-state index contributed by atoms with van der Waals surface area (Å²) in [6.45, 7) is 0. The lowest BCUT2D eigenvalue weighted by Crippen LogP contribution is -1.99. The molecule has 0 atom stereocenters. The van der Waals surface area contributed by atoms with E-state index in [0.29, 0.717) is 17.0 Å². The Morgan fingerprint density at radius 3 is 2.83 bits per heavy atom. The highest BCUT2D eigenvalue weighted by molar-refractivity contribution is 5.95. The number of anilines is 1. The Bertz CT molecular complexity index is 693.